The molecule has 1 heterocycles. The van der Waals surface area contributed by atoms with Crippen LogP contribution in [0, 0.1) is 12.7 Å². The van der Waals surface area contributed by atoms with Crippen molar-refractivity contribution in [1.82, 2.24) is 0 Å². The van der Waals surface area contributed by atoms with Crippen LogP contribution >= 0.6 is 0 Å². The van der Waals surface area contributed by atoms with Crippen LogP contribution in [0.5, 0.6) is 17.2 Å². The summed E-state index contributed by atoms with van der Waals surface area (Å²) in [4.78, 5) is 25.1. The third-order valence-corrected chi connectivity index (χ3v) is 4.66. The third-order valence-electron chi connectivity index (χ3n) is 4.66. The summed E-state index contributed by atoms with van der Waals surface area (Å²) in [6.07, 6.45) is 1.62. The Labute approximate surface area is 172 Å². The van der Waals surface area contributed by atoms with Crippen LogP contribution in [0.1, 0.15) is 31.8 Å². The Morgan fingerprint density at radius 1 is 1.07 bits per heavy atom. The maximum atomic E-state index is 13.0. The van der Waals surface area contributed by atoms with Gasteiger partial charge >= 0.3 is 5.97 Å². The second-order valence-corrected chi connectivity index (χ2v) is 6.69. The number of benzene rings is 3. The molecule has 6 heteroatoms. The monoisotopic (exact) mass is 404 g/mol. The Morgan fingerprint density at radius 3 is 2.53 bits per heavy atom. The number of allylic oxidation sites excluding steroid dienone is 1. The maximum absolute atomic E-state index is 13.0. The lowest BCUT2D eigenvalue weighted by Crippen LogP contribution is -2.08. The van der Waals surface area contributed by atoms with Crippen LogP contribution < -0.4 is 14.2 Å². The Balaban J connectivity index is 1.62. The molecule has 0 aliphatic carbocycles. The van der Waals surface area contributed by atoms with Gasteiger partial charge in [-0.25, -0.2) is 9.18 Å². The average Bonchev–Trinajstić information content (AvgIpc) is 3.04. The quantitative estimate of drug-likeness (QED) is 0.349. The largest absolute Gasteiger partial charge is 0.496 e. The minimum atomic E-state index is -0.636. The zero-order valence-electron chi connectivity index (χ0n) is 16.3. The number of para-hydroxylation sites is 1. The van der Waals surface area contributed by atoms with E-state index >= 15 is 0 Å². The normalized spacial score (nSPS) is 13.7. The van der Waals surface area contributed by atoms with Crippen molar-refractivity contribution in [3.63, 3.8) is 0 Å². The molecule has 3 aromatic carbocycles. The fourth-order valence-electron chi connectivity index (χ4n) is 3.22. The number of rotatable bonds is 4. The van der Waals surface area contributed by atoms with E-state index < -0.39 is 11.8 Å². The molecule has 0 saturated heterocycles. The lowest BCUT2D eigenvalue weighted by Gasteiger charge is -2.08. The molecule has 0 atom stereocenters. The molecule has 3 aromatic rings. The van der Waals surface area contributed by atoms with E-state index in [1.807, 2.05) is 18.2 Å². The highest BCUT2D eigenvalue weighted by molar-refractivity contribution is 6.15. The molecule has 0 saturated carbocycles. The van der Waals surface area contributed by atoms with Crippen LogP contribution in [-0.4, -0.2) is 18.9 Å². The molecule has 0 spiro atoms. The van der Waals surface area contributed by atoms with E-state index in [0.29, 0.717) is 28.2 Å². The van der Waals surface area contributed by atoms with E-state index in [9.17, 15) is 14.0 Å². The summed E-state index contributed by atoms with van der Waals surface area (Å²) < 4.78 is 29.5. The first kappa shape index (κ1) is 19.4. The van der Waals surface area contributed by atoms with Gasteiger partial charge in [-0.2, -0.15) is 0 Å². The molecule has 0 bridgehead atoms. The summed E-state index contributed by atoms with van der Waals surface area (Å²) in [6.45, 7) is 1.74. The van der Waals surface area contributed by atoms with Crippen molar-refractivity contribution in [1.29, 1.82) is 0 Å². The fourth-order valence-corrected chi connectivity index (χ4v) is 3.22. The SMILES string of the molecule is COc1ccccc1/C=C1\Oc2cc(OC(=O)c3ccc(F)cc3)cc(C)c2C1=O. The molecule has 30 heavy (non-hydrogen) atoms. The molecule has 5 nitrogen and oxygen atoms in total. The van der Waals surface area contributed by atoms with Crippen LogP contribution in [0.15, 0.2) is 66.4 Å². The van der Waals surface area contributed by atoms with E-state index in [2.05, 4.69) is 0 Å². The number of halogens is 1. The third kappa shape index (κ3) is 3.67. The zero-order chi connectivity index (χ0) is 21.3. The molecule has 1 aliphatic heterocycles. The second kappa shape index (κ2) is 7.83. The molecule has 0 aromatic heterocycles. The highest BCUT2D eigenvalue weighted by Crippen LogP contribution is 2.38. The van der Waals surface area contributed by atoms with Gasteiger partial charge in [0, 0.05) is 11.6 Å². The number of esters is 1. The minimum absolute atomic E-state index is 0.152. The van der Waals surface area contributed by atoms with Gasteiger partial charge < -0.3 is 14.2 Å². The van der Waals surface area contributed by atoms with E-state index in [1.165, 1.54) is 30.3 Å². The number of carbonyl (C=O) groups is 2. The Kier molecular flexibility index (Phi) is 5.06. The predicted molar refractivity (Wildman–Crippen MR) is 108 cm³/mol. The van der Waals surface area contributed by atoms with Crippen molar-refractivity contribution >= 4 is 17.8 Å². The highest BCUT2D eigenvalue weighted by Gasteiger charge is 2.30. The first-order valence-corrected chi connectivity index (χ1v) is 9.16. The van der Waals surface area contributed by atoms with Crippen LogP contribution in [0.3, 0.4) is 0 Å². The minimum Gasteiger partial charge on any atom is -0.496 e. The smallest absolute Gasteiger partial charge is 0.343 e. The van der Waals surface area contributed by atoms with Crippen molar-refractivity contribution in [2.45, 2.75) is 6.92 Å². The highest BCUT2D eigenvalue weighted by atomic mass is 19.1. The summed E-state index contributed by atoms with van der Waals surface area (Å²) >= 11 is 0. The Hall–Kier alpha value is -3.93. The summed E-state index contributed by atoms with van der Waals surface area (Å²) in [5.41, 5.74) is 1.95. The summed E-state index contributed by atoms with van der Waals surface area (Å²) in [7, 11) is 1.55. The van der Waals surface area contributed by atoms with Crippen LogP contribution in [0.25, 0.3) is 6.08 Å². The molecule has 0 amide bonds. The molecular weight excluding hydrogens is 387 g/mol. The molecular formula is C24H17FO5. The first-order valence-electron chi connectivity index (χ1n) is 9.16. The number of fused-ring (bicyclic) bond motifs is 1. The number of methoxy groups -OCH3 is 1. The van der Waals surface area contributed by atoms with Gasteiger partial charge in [-0.15, -0.1) is 0 Å². The van der Waals surface area contributed by atoms with Gasteiger partial charge in [0.05, 0.1) is 18.2 Å². The van der Waals surface area contributed by atoms with Gasteiger partial charge in [-0.05, 0) is 55.0 Å². The van der Waals surface area contributed by atoms with Crippen molar-refractivity contribution < 1.29 is 28.2 Å². The number of carbonyl (C=O) groups excluding carboxylic acids is 2. The molecule has 0 radical (unpaired) electrons. The average molecular weight is 404 g/mol. The van der Waals surface area contributed by atoms with Crippen LogP contribution in [-0.2, 0) is 0 Å². The number of aryl methyl sites for hydroxylation is 1. The number of hydrogen-bond acceptors (Lipinski definition) is 5. The zero-order valence-corrected chi connectivity index (χ0v) is 16.3. The van der Waals surface area contributed by atoms with Crippen molar-refractivity contribution in [3.05, 3.63) is 94.5 Å². The van der Waals surface area contributed by atoms with Crippen molar-refractivity contribution in [2.24, 2.45) is 0 Å². The molecule has 4 rings (SSSR count). The molecule has 1 aliphatic rings. The van der Waals surface area contributed by atoms with Crippen molar-refractivity contribution in [3.8, 4) is 17.2 Å². The van der Waals surface area contributed by atoms with Gasteiger partial charge in [-0.3, -0.25) is 4.79 Å². The second-order valence-electron chi connectivity index (χ2n) is 6.69. The standard InChI is InChI=1S/C24H17FO5/c1-14-11-18(29-24(27)15-7-9-17(25)10-8-15)13-20-22(14)23(26)21(30-20)12-16-5-3-4-6-19(16)28-2/h3-13H,1-2H3/b21-12-. The summed E-state index contributed by atoms with van der Waals surface area (Å²) in [5, 5.41) is 0. The number of ketones is 1. The molecule has 150 valence electrons. The fraction of sp³-hybridized carbons (Fsp3) is 0.0833. The summed E-state index contributed by atoms with van der Waals surface area (Å²) in [6, 6.07) is 15.4. The number of Topliss-reactive ketones (excluding diaryl/α,β-unsaturated/α-hetero) is 1. The molecule has 0 N–H and O–H groups in total. The lowest BCUT2D eigenvalue weighted by molar-refractivity contribution is 0.0734. The van der Waals surface area contributed by atoms with Gasteiger partial charge in [0.25, 0.3) is 0 Å². The maximum Gasteiger partial charge on any atom is 0.343 e. The van der Waals surface area contributed by atoms with Gasteiger partial charge in [0.15, 0.2) is 5.76 Å². The Bertz CT molecular complexity index is 1180. The van der Waals surface area contributed by atoms with Gasteiger partial charge in [0.2, 0.25) is 5.78 Å². The number of hydrogen-bond donors (Lipinski definition) is 0. The van der Waals surface area contributed by atoms with Crippen LogP contribution in [0.2, 0.25) is 0 Å². The lowest BCUT2D eigenvalue weighted by atomic mass is 10.0. The van der Waals surface area contributed by atoms with Crippen LogP contribution in [0.4, 0.5) is 4.39 Å². The van der Waals surface area contributed by atoms with Crippen molar-refractivity contribution in [2.75, 3.05) is 7.11 Å². The van der Waals surface area contributed by atoms with E-state index in [4.69, 9.17) is 14.2 Å². The van der Waals surface area contributed by atoms with E-state index in [1.54, 1.807) is 32.2 Å². The van der Waals surface area contributed by atoms with Gasteiger partial charge in [-0.1, -0.05) is 18.2 Å². The van der Waals surface area contributed by atoms with E-state index in [0.717, 1.165) is 0 Å². The predicted octanol–water partition coefficient (Wildman–Crippen LogP) is 4.98. The summed E-state index contributed by atoms with van der Waals surface area (Å²) in [5.74, 6) is -0.0351. The molecule has 0 fully saturated rings. The number of ether oxygens (including phenoxy) is 3. The first-order chi connectivity index (χ1) is 14.5. The Morgan fingerprint density at radius 2 is 1.80 bits per heavy atom. The molecule has 0 unspecified atom stereocenters. The van der Waals surface area contributed by atoms with E-state index in [-0.39, 0.29) is 22.9 Å². The van der Waals surface area contributed by atoms with Gasteiger partial charge in [0.1, 0.15) is 23.1 Å². The topological polar surface area (TPSA) is 61.8 Å².